The first-order valence-electron chi connectivity index (χ1n) is 16.6. The smallest absolute Gasteiger partial charge is 0.243 e. The van der Waals surface area contributed by atoms with E-state index in [0.717, 1.165) is 23.3 Å². The van der Waals surface area contributed by atoms with Crippen molar-refractivity contribution in [3.8, 4) is 5.75 Å². The third kappa shape index (κ3) is 12.0. The molecule has 2 amide bonds. The third-order valence-electron chi connectivity index (χ3n) is 8.73. The zero-order valence-corrected chi connectivity index (χ0v) is 28.1. The number of nitrogens with two attached hydrogens (primary N) is 1. The molecule has 5 atom stereocenters. The summed E-state index contributed by atoms with van der Waals surface area (Å²) in [5, 5.41) is 16.8. The van der Waals surface area contributed by atoms with E-state index in [4.69, 9.17) is 19.9 Å². The number of nitrogens with one attached hydrogen (secondary N) is 2. The maximum absolute atomic E-state index is 13.5. The highest BCUT2D eigenvalue weighted by Gasteiger charge is 2.33. The van der Waals surface area contributed by atoms with E-state index in [-0.39, 0.29) is 49.0 Å². The van der Waals surface area contributed by atoms with Crippen LogP contribution in [-0.4, -0.2) is 62.0 Å². The van der Waals surface area contributed by atoms with E-state index < -0.39 is 24.1 Å². The Morgan fingerprint density at radius 1 is 1.04 bits per heavy atom. The van der Waals surface area contributed by atoms with Gasteiger partial charge in [0.05, 0.1) is 32.0 Å². The quantitative estimate of drug-likeness (QED) is 0.143. The fraction of sp³-hybridized carbons (Fsp3) is 0.611. The van der Waals surface area contributed by atoms with Crippen LogP contribution in [0.15, 0.2) is 42.5 Å². The average Bonchev–Trinajstić information content (AvgIpc) is 3.89. The normalized spacial score (nSPS) is 16.4. The van der Waals surface area contributed by atoms with Gasteiger partial charge in [0.2, 0.25) is 11.8 Å². The van der Waals surface area contributed by atoms with Crippen LogP contribution < -0.4 is 21.1 Å². The second kappa shape index (κ2) is 18.9. The van der Waals surface area contributed by atoms with Crippen LogP contribution in [0, 0.1) is 23.6 Å². The molecule has 46 heavy (non-hydrogen) atoms. The molecule has 9 nitrogen and oxygen atoms in total. The first-order chi connectivity index (χ1) is 22.0. The minimum absolute atomic E-state index is 0.102. The van der Waals surface area contributed by atoms with Crippen LogP contribution in [0.5, 0.6) is 5.75 Å². The minimum Gasteiger partial charge on any atom is -0.493 e. The number of carbonyl (C=O) groups excluding carboxylic acids is 2. The Hall–Kier alpha value is -3.05. The van der Waals surface area contributed by atoms with Gasteiger partial charge in [0, 0.05) is 32.6 Å². The molecule has 256 valence electrons. The van der Waals surface area contributed by atoms with E-state index >= 15 is 0 Å². The van der Waals surface area contributed by atoms with Gasteiger partial charge < -0.3 is 35.7 Å². The van der Waals surface area contributed by atoms with Crippen molar-refractivity contribution < 1.29 is 33.3 Å². The molecule has 5 N–H and O–H groups in total. The lowest BCUT2D eigenvalue weighted by atomic mass is 9.86. The van der Waals surface area contributed by atoms with Gasteiger partial charge in [-0.2, -0.15) is 0 Å². The standard InChI is InChI=1S/C36H54FN3O6/c1-6-24(4)34(36(43)39-20-25-8-13-28(37)14-9-25)40-35(42)30(23(2)3)19-32(41)31(38)22-45-21-26-10-15-29(27-11-12-27)33(18-26)46-17-7-16-44-5/h8-10,13-15,18,23-24,27,30-32,34,41H,6-7,11-12,16-17,19-22,38H2,1-5H3,(H,39,43)(H,40,42)/t24-,30-,31-,32-,34-/m0/s1. The summed E-state index contributed by atoms with van der Waals surface area (Å²) < 4.78 is 30.3. The zero-order chi connectivity index (χ0) is 33.6. The number of benzene rings is 2. The van der Waals surface area contributed by atoms with E-state index in [9.17, 15) is 19.1 Å². The summed E-state index contributed by atoms with van der Waals surface area (Å²) in [5.74, 6) is -0.319. The number of rotatable bonds is 21. The molecule has 1 saturated carbocycles. The maximum Gasteiger partial charge on any atom is 0.243 e. The zero-order valence-electron chi connectivity index (χ0n) is 28.1. The number of hydrogen-bond donors (Lipinski definition) is 4. The van der Waals surface area contributed by atoms with Gasteiger partial charge in [0.25, 0.3) is 0 Å². The van der Waals surface area contributed by atoms with Gasteiger partial charge in [-0.25, -0.2) is 4.39 Å². The molecule has 0 heterocycles. The van der Waals surface area contributed by atoms with Crippen molar-refractivity contribution in [3.63, 3.8) is 0 Å². The van der Waals surface area contributed by atoms with E-state index in [1.54, 1.807) is 19.2 Å². The Balaban J connectivity index is 1.53. The first-order valence-corrected chi connectivity index (χ1v) is 16.6. The molecule has 0 aliphatic heterocycles. The SMILES string of the molecule is CC[C@H](C)[C@H](NC(=O)[C@@H](C[C@H](O)[C@@H](N)COCc1ccc(C2CC2)c(OCCCOC)c1)C(C)C)C(=O)NCc1ccc(F)cc1. The number of aliphatic hydroxyl groups is 1. The second-order valence-corrected chi connectivity index (χ2v) is 12.9. The molecule has 3 rings (SSSR count). The fourth-order valence-corrected chi connectivity index (χ4v) is 5.32. The average molecular weight is 644 g/mol. The van der Waals surface area contributed by atoms with Crippen molar-refractivity contribution in [3.05, 3.63) is 65.0 Å². The Kier molecular flexibility index (Phi) is 15.4. The van der Waals surface area contributed by atoms with Crippen molar-refractivity contribution in [2.75, 3.05) is 26.9 Å². The van der Waals surface area contributed by atoms with E-state index in [1.165, 1.54) is 30.5 Å². The number of hydrogen-bond acceptors (Lipinski definition) is 7. The van der Waals surface area contributed by atoms with Crippen LogP contribution in [0.2, 0.25) is 0 Å². The lowest BCUT2D eigenvalue weighted by molar-refractivity contribution is -0.134. The van der Waals surface area contributed by atoms with Crippen molar-refractivity contribution in [1.82, 2.24) is 10.6 Å². The lowest BCUT2D eigenvalue weighted by Gasteiger charge is -2.29. The van der Waals surface area contributed by atoms with Crippen molar-refractivity contribution in [2.24, 2.45) is 23.5 Å². The van der Waals surface area contributed by atoms with Crippen LogP contribution in [0.25, 0.3) is 0 Å². The molecular formula is C36H54FN3O6. The molecule has 0 saturated heterocycles. The van der Waals surface area contributed by atoms with E-state index in [1.807, 2.05) is 39.8 Å². The van der Waals surface area contributed by atoms with Crippen LogP contribution >= 0.6 is 0 Å². The topological polar surface area (TPSA) is 132 Å². The Bertz CT molecular complexity index is 1220. The molecule has 0 unspecified atom stereocenters. The van der Waals surface area contributed by atoms with E-state index in [2.05, 4.69) is 16.7 Å². The summed E-state index contributed by atoms with van der Waals surface area (Å²) in [6, 6.07) is 10.6. The second-order valence-electron chi connectivity index (χ2n) is 12.9. The van der Waals surface area contributed by atoms with Gasteiger partial charge >= 0.3 is 0 Å². The Labute approximate surface area is 273 Å². The summed E-state index contributed by atoms with van der Waals surface area (Å²) >= 11 is 0. The highest BCUT2D eigenvalue weighted by atomic mass is 19.1. The number of aliphatic hydroxyl groups excluding tert-OH is 1. The molecule has 0 aromatic heterocycles. The molecule has 0 spiro atoms. The van der Waals surface area contributed by atoms with Crippen LogP contribution in [0.4, 0.5) is 4.39 Å². The number of carbonyl (C=O) groups is 2. The summed E-state index contributed by atoms with van der Waals surface area (Å²) in [6.07, 6.45) is 2.99. The first kappa shape index (κ1) is 37.4. The molecule has 0 bridgehead atoms. The molecule has 10 heteroatoms. The van der Waals surface area contributed by atoms with Gasteiger partial charge in [0.15, 0.2) is 0 Å². The summed E-state index contributed by atoms with van der Waals surface area (Å²) in [6.45, 7) is 9.56. The molecule has 0 radical (unpaired) electrons. The maximum atomic E-state index is 13.5. The van der Waals surface area contributed by atoms with Gasteiger partial charge in [-0.3, -0.25) is 9.59 Å². The molecular weight excluding hydrogens is 589 g/mol. The number of amides is 2. The molecule has 1 fully saturated rings. The molecule has 2 aromatic carbocycles. The number of halogens is 1. The van der Waals surface area contributed by atoms with Crippen LogP contribution in [0.3, 0.4) is 0 Å². The van der Waals surface area contributed by atoms with Gasteiger partial charge in [-0.15, -0.1) is 0 Å². The number of methoxy groups -OCH3 is 1. The van der Waals surface area contributed by atoms with Gasteiger partial charge in [-0.05, 0) is 71.9 Å². The highest BCUT2D eigenvalue weighted by Crippen LogP contribution is 2.44. The Morgan fingerprint density at radius 2 is 1.74 bits per heavy atom. The third-order valence-corrected chi connectivity index (χ3v) is 8.73. The largest absolute Gasteiger partial charge is 0.493 e. The van der Waals surface area contributed by atoms with Gasteiger partial charge in [-0.1, -0.05) is 58.4 Å². The van der Waals surface area contributed by atoms with Gasteiger partial charge in [0.1, 0.15) is 17.6 Å². The predicted molar refractivity (Wildman–Crippen MR) is 177 cm³/mol. The molecule has 1 aliphatic carbocycles. The summed E-state index contributed by atoms with van der Waals surface area (Å²) in [7, 11) is 1.68. The summed E-state index contributed by atoms with van der Waals surface area (Å²) in [4.78, 5) is 26.6. The van der Waals surface area contributed by atoms with E-state index in [0.29, 0.717) is 32.2 Å². The lowest BCUT2D eigenvalue weighted by Crippen LogP contribution is -2.52. The van der Waals surface area contributed by atoms with Crippen LogP contribution in [-0.2, 0) is 32.2 Å². The molecule has 2 aromatic rings. The van der Waals surface area contributed by atoms with Crippen LogP contribution in [0.1, 0.15) is 82.4 Å². The summed E-state index contributed by atoms with van der Waals surface area (Å²) in [5.41, 5.74) is 9.26. The highest BCUT2D eigenvalue weighted by molar-refractivity contribution is 5.88. The number of ether oxygens (including phenoxy) is 3. The predicted octanol–water partition coefficient (Wildman–Crippen LogP) is 4.83. The molecule has 1 aliphatic rings. The Morgan fingerprint density at radius 3 is 2.37 bits per heavy atom. The minimum atomic E-state index is -0.982. The monoisotopic (exact) mass is 643 g/mol. The fourth-order valence-electron chi connectivity index (χ4n) is 5.32. The van der Waals surface area contributed by atoms with Crippen molar-refractivity contribution in [2.45, 2.75) is 97.1 Å². The van der Waals surface area contributed by atoms with Crippen molar-refractivity contribution >= 4 is 11.8 Å². The van der Waals surface area contributed by atoms with Crippen molar-refractivity contribution in [1.29, 1.82) is 0 Å².